The summed E-state index contributed by atoms with van der Waals surface area (Å²) in [4.78, 5) is 4.36. The SMILES string of the molecule is Cc1nccc2ccc(NC3CCNCC3)cc12.Cl. The van der Waals surface area contributed by atoms with Crippen molar-refractivity contribution in [2.45, 2.75) is 25.8 Å². The zero-order valence-corrected chi connectivity index (χ0v) is 12.0. The number of halogens is 1. The molecule has 102 valence electrons. The van der Waals surface area contributed by atoms with Gasteiger partial charge in [0.15, 0.2) is 0 Å². The fourth-order valence-corrected chi connectivity index (χ4v) is 2.61. The van der Waals surface area contributed by atoms with Gasteiger partial charge in [0.25, 0.3) is 0 Å². The predicted octanol–water partition coefficient (Wildman–Crippen LogP) is 3.13. The standard InChI is InChI=1S/C15H19N3.ClH/c1-11-15-10-14(3-2-12(15)4-9-17-11)18-13-5-7-16-8-6-13;/h2-4,9-10,13,16,18H,5-8H2,1H3;1H. The number of nitrogens with zero attached hydrogens (tertiary/aromatic N) is 1. The van der Waals surface area contributed by atoms with E-state index in [2.05, 4.69) is 46.8 Å². The molecule has 1 aliphatic heterocycles. The van der Waals surface area contributed by atoms with Gasteiger partial charge in [-0.2, -0.15) is 0 Å². The third-order valence-corrected chi connectivity index (χ3v) is 3.68. The van der Waals surface area contributed by atoms with Crippen molar-refractivity contribution < 1.29 is 0 Å². The second-order valence-electron chi connectivity index (χ2n) is 5.00. The van der Waals surface area contributed by atoms with Gasteiger partial charge in [-0.25, -0.2) is 0 Å². The molecule has 3 nitrogen and oxygen atoms in total. The maximum absolute atomic E-state index is 4.36. The number of piperidine rings is 1. The van der Waals surface area contributed by atoms with E-state index in [1.54, 1.807) is 0 Å². The smallest absolute Gasteiger partial charge is 0.0451 e. The molecule has 1 fully saturated rings. The summed E-state index contributed by atoms with van der Waals surface area (Å²) in [5.74, 6) is 0. The Hall–Kier alpha value is -1.32. The van der Waals surface area contributed by atoms with Crippen molar-refractivity contribution in [3.8, 4) is 0 Å². The van der Waals surface area contributed by atoms with Crippen LogP contribution in [0.1, 0.15) is 18.5 Å². The van der Waals surface area contributed by atoms with Crippen LogP contribution in [0.3, 0.4) is 0 Å². The number of nitrogens with one attached hydrogen (secondary N) is 2. The van der Waals surface area contributed by atoms with Gasteiger partial charge in [-0.3, -0.25) is 4.98 Å². The number of hydrogen-bond acceptors (Lipinski definition) is 3. The van der Waals surface area contributed by atoms with Crippen molar-refractivity contribution in [3.63, 3.8) is 0 Å². The molecule has 3 rings (SSSR count). The fraction of sp³-hybridized carbons (Fsp3) is 0.400. The second-order valence-corrected chi connectivity index (χ2v) is 5.00. The van der Waals surface area contributed by atoms with Crippen LogP contribution in [-0.2, 0) is 0 Å². The largest absolute Gasteiger partial charge is 0.382 e. The number of aryl methyl sites for hydroxylation is 1. The van der Waals surface area contributed by atoms with Crippen molar-refractivity contribution in [1.29, 1.82) is 0 Å². The van der Waals surface area contributed by atoms with Crippen LogP contribution < -0.4 is 10.6 Å². The van der Waals surface area contributed by atoms with E-state index in [4.69, 9.17) is 0 Å². The van der Waals surface area contributed by atoms with Crippen LogP contribution in [0.25, 0.3) is 10.8 Å². The number of fused-ring (bicyclic) bond motifs is 1. The van der Waals surface area contributed by atoms with Crippen LogP contribution in [0.4, 0.5) is 5.69 Å². The molecule has 0 radical (unpaired) electrons. The highest BCUT2D eigenvalue weighted by Crippen LogP contribution is 2.22. The van der Waals surface area contributed by atoms with E-state index in [0.29, 0.717) is 6.04 Å². The topological polar surface area (TPSA) is 37.0 Å². The molecule has 19 heavy (non-hydrogen) atoms. The third kappa shape index (κ3) is 3.17. The highest BCUT2D eigenvalue weighted by atomic mass is 35.5. The van der Waals surface area contributed by atoms with Crippen LogP contribution >= 0.6 is 12.4 Å². The number of rotatable bonds is 2. The average Bonchev–Trinajstić information content (AvgIpc) is 2.41. The number of pyridine rings is 1. The molecule has 1 aromatic heterocycles. The molecular weight excluding hydrogens is 258 g/mol. The first-order valence-electron chi connectivity index (χ1n) is 6.65. The number of benzene rings is 1. The van der Waals surface area contributed by atoms with E-state index in [-0.39, 0.29) is 12.4 Å². The number of aromatic nitrogens is 1. The van der Waals surface area contributed by atoms with Gasteiger partial charge in [-0.15, -0.1) is 12.4 Å². The lowest BCUT2D eigenvalue weighted by atomic mass is 10.1. The molecule has 2 heterocycles. The fourth-order valence-electron chi connectivity index (χ4n) is 2.61. The van der Waals surface area contributed by atoms with Crippen molar-refractivity contribution in [3.05, 3.63) is 36.2 Å². The molecule has 2 aromatic rings. The molecule has 0 aliphatic carbocycles. The molecule has 1 aromatic carbocycles. The van der Waals surface area contributed by atoms with Crippen LogP contribution in [0.15, 0.2) is 30.5 Å². The van der Waals surface area contributed by atoms with Gasteiger partial charge in [-0.05, 0) is 56.4 Å². The molecule has 0 amide bonds. The van der Waals surface area contributed by atoms with E-state index >= 15 is 0 Å². The summed E-state index contributed by atoms with van der Waals surface area (Å²) in [6, 6.07) is 9.23. The Balaban J connectivity index is 0.00000133. The first-order chi connectivity index (χ1) is 8.83. The molecule has 0 saturated carbocycles. The maximum atomic E-state index is 4.36. The van der Waals surface area contributed by atoms with Crippen LogP contribution in [0, 0.1) is 6.92 Å². The Labute approximate surface area is 120 Å². The van der Waals surface area contributed by atoms with E-state index in [0.717, 1.165) is 18.8 Å². The van der Waals surface area contributed by atoms with Crippen LogP contribution in [0.5, 0.6) is 0 Å². The summed E-state index contributed by atoms with van der Waals surface area (Å²) in [6.07, 6.45) is 4.27. The van der Waals surface area contributed by atoms with Crippen LogP contribution in [-0.4, -0.2) is 24.1 Å². The average molecular weight is 278 g/mol. The van der Waals surface area contributed by atoms with E-state index in [9.17, 15) is 0 Å². The van der Waals surface area contributed by atoms with Gasteiger partial charge >= 0.3 is 0 Å². The summed E-state index contributed by atoms with van der Waals surface area (Å²) in [7, 11) is 0. The minimum atomic E-state index is 0. The van der Waals surface area contributed by atoms with Gasteiger partial charge in [0.1, 0.15) is 0 Å². The second kappa shape index (κ2) is 6.22. The lowest BCUT2D eigenvalue weighted by Crippen LogP contribution is -2.35. The molecule has 1 aliphatic rings. The molecule has 1 saturated heterocycles. The molecular formula is C15H20ClN3. The third-order valence-electron chi connectivity index (χ3n) is 3.68. The molecule has 4 heteroatoms. The highest BCUT2D eigenvalue weighted by molar-refractivity contribution is 5.87. The van der Waals surface area contributed by atoms with E-state index < -0.39 is 0 Å². The number of anilines is 1. The van der Waals surface area contributed by atoms with Gasteiger partial charge in [0, 0.05) is 29.0 Å². The van der Waals surface area contributed by atoms with Gasteiger partial charge < -0.3 is 10.6 Å². The maximum Gasteiger partial charge on any atom is 0.0451 e. The van der Waals surface area contributed by atoms with E-state index in [1.165, 1.54) is 29.3 Å². The Morgan fingerprint density at radius 3 is 2.79 bits per heavy atom. The Morgan fingerprint density at radius 1 is 1.21 bits per heavy atom. The normalized spacial score (nSPS) is 16.1. The van der Waals surface area contributed by atoms with Gasteiger partial charge in [0.2, 0.25) is 0 Å². The lowest BCUT2D eigenvalue weighted by molar-refractivity contribution is 0.479. The Morgan fingerprint density at radius 2 is 2.00 bits per heavy atom. The van der Waals surface area contributed by atoms with Crippen molar-refractivity contribution in [2.75, 3.05) is 18.4 Å². The lowest BCUT2D eigenvalue weighted by Gasteiger charge is -2.24. The summed E-state index contributed by atoms with van der Waals surface area (Å²) in [6.45, 7) is 4.30. The minimum absolute atomic E-state index is 0. The highest BCUT2D eigenvalue weighted by Gasteiger charge is 2.12. The first kappa shape index (κ1) is 14.1. The zero-order chi connectivity index (χ0) is 12.4. The van der Waals surface area contributed by atoms with Crippen molar-refractivity contribution in [1.82, 2.24) is 10.3 Å². The van der Waals surface area contributed by atoms with Crippen molar-refractivity contribution in [2.24, 2.45) is 0 Å². The predicted molar refractivity (Wildman–Crippen MR) is 83.2 cm³/mol. The zero-order valence-electron chi connectivity index (χ0n) is 11.1. The summed E-state index contributed by atoms with van der Waals surface area (Å²) < 4.78 is 0. The summed E-state index contributed by atoms with van der Waals surface area (Å²) >= 11 is 0. The Bertz CT molecular complexity index is 550. The molecule has 0 bridgehead atoms. The molecule has 2 N–H and O–H groups in total. The summed E-state index contributed by atoms with van der Waals surface area (Å²) in [5, 5.41) is 9.53. The summed E-state index contributed by atoms with van der Waals surface area (Å²) in [5.41, 5.74) is 2.31. The molecule has 0 spiro atoms. The molecule has 0 atom stereocenters. The minimum Gasteiger partial charge on any atom is -0.382 e. The molecule has 0 unspecified atom stereocenters. The van der Waals surface area contributed by atoms with Gasteiger partial charge in [0.05, 0.1) is 0 Å². The first-order valence-corrected chi connectivity index (χ1v) is 6.65. The monoisotopic (exact) mass is 277 g/mol. The number of hydrogen-bond donors (Lipinski definition) is 2. The van der Waals surface area contributed by atoms with Crippen LogP contribution in [0.2, 0.25) is 0 Å². The van der Waals surface area contributed by atoms with E-state index in [1.807, 2.05) is 6.20 Å². The Kier molecular flexibility index (Phi) is 4.61. The van der Waals surface area contributed by atoms with Crippen molar-refractivity contribution >= 4 is 28.9 Å². The van der Waals surface area contributed by atoms with Gasteiger partial charge in [-0.1, -0.05) is 6.07 Å². The quantitative estimate of drug-likeness (QED) is 0.886.